The average molecular weight is 187 g/mol. The minimum absolute atomic E-state index is 0.381. The lowest BCUT2D eigenvalue weighted by Crippen LogP contribution is -1.93. The number of hydrogen-bond acceptors (Lipinski definition) is 2. The van der Waals surface area contributed by atoms with Gasteiger partial charge in [-0.15, -0.1) is 0 Å². The van der Waals surface area contributed by atoms with Crippen LogP contribution in [0.1, 0.15) is 22.3 Å². The molecule has 72 valence electrons. The molecule has 0 aliphatic heterocycles. The first-order valence-electron chi connectivity index (χ1n) is 4.46. The minimum atomic E-state index is 0.381. The predicted molar refractivity (Wildman–Crippen MR) is 57.8 cm³/mol. The molecule has 0 atom stereocenters. The average Bonchev–Trinajstić information content (AvgIpc) is 2.20. The Labute approximate surface area is 84.0 Å². The lowest BCUT2D eigenvalue weighted by atomic mass is 9.98. The summed E-state index contributed by atoms with van der Waals surface area (Å²) in [6.07, 6.45) is 3.35. The van der Waals surface area contributed by atoms with Crippen LogP contribution < -0.4 is 0 Å². The van der Waals surface area contributed by atoms with Gasteiger partial charge in [0.25, 0.3) is 0 Å². The van der Waals surface area contributed by atoms with Gasteiger partial charge in [0.15, 0.2) is 0 Å². The van der Waals surface area contributed by atoms with Crippen molar-refractivity contribution in [3.63, 3.8) is 0 Å². The summed E-state index contributed by atoms with van der Waals surface area (Å²) in [7, 11) is 0. The third-order valence-corrected chi connectivity index (χ3v) is 2.39. The molecule has 0 amide bonds. The first-order valence-corrected chi connectivity index (χ1v) is 4.46. The van der Waals surface area contributed by atoms with Crippen molar-refractivity contribution >= 4 is 12.2 Å². The van der Waals surface area contributed by atoms with Crippen molar-refractivity contribution in [3.8, 4) is 0 Å². The molecule has 2 nitrogen and oxygen atoms in total. The third-order valence-electron chi connectivity index (χ3n) is 2.39. The van der Waals surface area contributed by atoms with E-state index >= 15 is 0 Å². The first kappa shape index (κ1) is 10.4. The third kappa shape index (κ3) is 1.98. The molecule has 0 radical (unpaired) electrons. The van der Waals surface area contributed by atoms with Gasteiger partial charge < -0.3 is 0 Å². The molecule has 0 N–H and O–H groups in total. The molecule has 0 aromatic heterocycles. The molecule has 0 bridgehead atoms. The zero-order valence-electron chi connectivity index (χ0n) is 8.50. The van der Waals surface area contributed by atoms with Crippen LogP contribution in [0.5, 0.6) is 0 Å². The van der Waals surface area contributed by atoms with Crippen LogP contribution in [0.15, 0.2) is 23.7 Å². The lowest BCUT2D eigenvalue weighted by Gasteiger charge is -2.09. The van der Waals surface area contributed by atoms with E-state index in [2.05, 4.69) is 18.5 Å². The highest BCUT2D eigenvalue weighted by Gasteiger charge is 2.03. The fourth-order valence-electron chi connectivity index (χ4n) is 1.43. The van der Waals surface area contributed by atoms with E-state index in [1.165, 1.54) is 11.1 Å². The maximum atomic E-state index is 10.0. The van der Waals surface area contributed by atoms with Crippen molar-refractivity contribution < 1.29 is 4.79 Å². The van der Waals surface area contributed by atoms with Crippen LogP contribution >= 0.6 is 0 Å². The van der Waals surface area contributed by atoms with Crippen molar-refractivity contribution in [2.75, 3.05) is 0 Å². The van der Waals surface area contributed by atoms with E-state index in [1.54, 1.807) is 12.2 Å². The molecule has 0 unspecified atom stereocenters. The number of carbonyl (C=O) groups excluding carboxylic acids is 1. The zero-order chi connectivity index (χ0) is 10.6. The van der Waals surface area contributed by atoms with E-state index < -0.39 is 0 Å². The van der Waals surface area contributed by atoms with Gasteiger partial charge in [-0.25, -0.2) is 9.79 Å². The molecule has 0 aliphatic carbocycles. The highest BCUT2D eigenvalue weighted by Crippen LogP contribution is 2.19. The van der Waals surface area contributed by atoms with Crippen molar-refractivity contribution in [3.05, 3.63) is 41.0 Å². The standard InChI is InChI=1S/C12H13NO/c1-4-12-10(3)9(2)5-6-11(12)7-13-8-14/h4-6H,1,7H2,2-3H3. The van der Waals surface area contributed by atoms with Gasteiger partial charge in [-0.3, -0.25) is 0 Å². The molecule has 1 aromatic carbocycles. The maximum absolute atomic E-state index is 10.0. The number of hydrogen-bond donors (Lipinski definition) is 0. The zero-order valence-corrected chi connectivity index (χ0v) is 8.50. The Morgan fingerprint density at radius 3 is 2.79 bits per heavy atom. The molecular formula is C12H13NO. The molecule has 0 fully saturated rings. The second-order valence-electron chi connectivity index (χ2n) is 3.19. The molecule has 0 saturated heterocycles. The normalized spacial score (nSPS) is 9.29. The number of aliphatic imine (C=N–C) groups is 1. The number of rotatable bonds is 3. The second-order valence-corrected chi connectivity index (χ2v) is 3.19. The van der Waals surface area contributed by atoms with Crippen LogP contribution in [0, 0.1) is 13.8 Å². The summed E-state index contributed by atoms with van der Waals surface area (Å²) in [5, 5.41) is 0. The van der Waals surface area contributed by atoms with Crippen LogP contribution in [-0.2, 0) is 11.3 Å². The maximum Gasteiger partial charge on any atom is 0.235 e. The minimum Gasteiger partial charge on any atom is -0.211 e. The van der Waals surface area contributed by atoms with E-state index in [0.29, 0.717) is 6.54 Å². The summed E-state index contributed by atoms with van der Waals surface area (Å²) < 4.78 is 0. The van der Waals surface area contributed by atoms with Crippen LogP contribution in [0.25, 0.3) is 6.08 Å². The van der Waals surface area contributed by atoms with Gasteiger partial charge in [-0.2, -0.15) is 0 Å². The Balaban J connectivity index is 3.23. The molecule has 0 aliphatic rings. The monoisotopic (exact) mass is 187 g/mol. The van der Waals surface area contributed by atoms with Gasteiger partial charge in [-0.1, -0.05) is 24.8 Å². The Morgan fingerprint density at radius 1 is 1.50 bits per heavy atom. The van der Waals surface area contributed by atoms with Crippen molar-refractivity contribution in [2.24, 2.45) is 4.99 Å². The van der Waals surface area contributed by atoms with Crippen LogP contribution in [0.2, 0.25) is 0 Å². The van der Waals surface area contributed by atoms with E-state index in [1.807, 2.05) is 19.1 Å². The molecule has 0 saturated carbocycles. The van der Waals surface area contributed by atoms with Gasteiger partial charge in [0, 0.05) is 0 Å². The fourth-order valence-corrected chi connectivity index (χ4v) is 1.43. The molecule has 1 rings (SSSR count). The number of benzene rings is 1. The SMILES string of the molecule is C=Cc1c(CN=C=O)ccc(C)c1C. The molecule has 1 aromatic rings. The van der Waals surface area contributed by atoms with Gasteiger partial charge in [-0.05, 0) is 36.1 Å². The summed E-state index contributed by atoms with van der Waals surface area (Å²) in [4.78, 5) is 13.6. The fraction of sp³-hybridized carbons (Fsp3) is 0.250. The van der Waals surface area contributed by atoms with Gasteiger partial charge in [0.1, 0.15) is 0 Å². The summed E-state index contributed by atoms with van der Waals surface area (Å²) in [5.74, 6) is 0. The number of aryl methyl sites for hydroxylation is 1. The van der Waals surface area contributed by atoms with Crippen LogP contribution in [-0.4, -0.2) is 6.08 Å². The van der Waals surface area contributed by atoms with E-state index in [-0.39, 0.29) is 0 Å². The van der Waals surface area contributed by atoms with Crippen LogP contribution in [0.3, 0.4) is 0 Å². The van der Waals surface area contributed by atoms with E-state index in [4.69, 9.17) is 0 Å². The first-order chi connectivity index (χ1) is 6.70. The Hall–Kier alpha value is -1.66. The van der Waals surface area contributed by atoms with E-state index in [9.17, 15) is 4.79 Å². The second kappa shape index (κ2) is 4.54. The Kier molecular flexibility index (Phi) is 3.38. The largest absolute Gasteiger partial charge is 0.235 e. The summed E-state index contributed by atoms with van der Waals surface area (Å²) in [5.41, 5.74) is 4.51. The Bertz CT molecular complexity index is 401. The molecule has 2 heteroatoms. The molecule has 14 heavy (non-hydrogen) atoms. The smallest absolute Gasteiger partial charge is 0.211 e. The molecule has 0 heterocycles. The summed E-state index contributed by atoms with van der Waals surface area (Å²) in [6, 6.07) is 4.00. The van der Waals surface area contributed by atoms with Crippen LogP contribution in [0.4, 0.5) is 0 Å². The highest BCUT2D eigenvalue weighted by molar-refractivity contribution is 5.58. The number of nitrogens with zero attached hydrogens (tertiary/aromatic N) is 1. The predicted octanol–water partition coefficient (Wildman–Crippen LogP) is 2.78. The van der Waals surface area contributed by atoms with E-state index in [0.717, 1.165) is 11.1 Å². The van der Waals surface area contributed by atoms with Crippen molar-refractivity contribution in [1.82, 2.24) is 0 Å². The van der Waals surface area contributed by atoms with Crippen molar-refractivity contribution in [2.45, 2.75) is 20.4 Å². The summed E-state index contributed by atoms with van der Waals surface area (Å²) in [6.45, 7) is 8.24. The summed E-state index contributed by atoms with van der Waals surface area (Å²) >= 11 is 0. The molecular weight excluding hydrogens is 174 g/mol. The highest BCUT2D eigenvalue weighted by atomic mass is 16.1. The van der Waals surface area contributed by atoms with Crippen molar-refractivity contribution in [1.29, 1.82) is 0 Å². The molecule has 0 spiro atoms. The Morgan fingerprint density at radius 2 is 2.21 bits per heavy atom. The van der Waals surface area contributed by atoms with Gasteiger partial charge in [0.2, 0.25) is 6.08 Å². The topological polar surface area (TPSA) is 29.4 Å². The van der Waals surface area contributed by atoms with Gasteiger partial charge in [0.05, 0.1) is 6.54 Å². The van der Waals surface area contributed by atoms with Gasteiger partial charge >= 0.3 is 0 Å². The quantitative estimate of drug-likeness (QED) is 0.528. The number of isocyanates is 1. The lowest BCUT2D eigenvalue weighted by molar-refractivity contribution is 0.563.